The van der Waals surface area contributed by atoms with Crippen LogP contribution in [0.5, 0.6) is 0 Å². The Kier molecular flexibility index (Phi) is 4.61. The fraction of sp³-hybridized carbons (Fsp3) is 0.769. The third kappa shape index (κ3) is 3.52. The lowest BCUT2D eigenvalue weighted by Gasteiger charge is -2.31. The molecule has 2 nitrogen and oxygen atoms in total. The van der Waals surface area contributed by atoms with Crippen LogP contribution in [-0.4, -0.2) is 28.8 Å². The van der Waals surface area contributed by atoms with E-state index in [0.717, 1.165) is 11.9 Å². The maximum Gasteiger partial charge on any atom is 0.0897 e. The molecule has 1 aromatic heterocycles. The molecule has 0 amide bonds. The molecule has 0 N–H and O–H groups in total. The molecule has 0 aliphatic heterocycles. The van der Waals surface area contributed by atoms with Gasteiger partial charge in [-0.05, 0) is 32.2 Å². The zero-order valence-electron chi connectivity index (χ0n) is 10.7. The summed E-state index contributed by atoms with van der Waals surface area (Å²) < 4.78 is 0. The van der Waals surface area contributed by atoms with Crippen LogP contribution >= 0.6 is 27.3 Å². The van der Waals surface area contributed by atoms with E-state index in [1.54, 1.807) is 11.3 Å². The van der Waals surface area contributed by atoms with Gasteiger partial charge in [-0.25, -0.2) is 4.98 Å². The van der Waals surface area contributed by atoms with Crippen molar-refractivity contribution in [2.75, 3.05) is 18.9 Å². The lowest BCUT2D eigenvalue weighted by molar-refractivity contribution is 0.195. The topological polar surface area (TPSA) is 16.1 Å². The van der Waals surface area contributed by atoms with Crippen LogP contribution in [0.25, 0.3) is 0 Å². The maximum atomic E-state index is 4.54. The quantitative estimate of drug-likeness (QED) is 0.767. The molecule has 2 rings (SSSR count). The van der Waals surface area contributed by atoms with Crippen LogP contribution in [0.3, 0.4) is 0 Å². The molecule has 0 bridgehead atoms. The van der Waals surface area contributed by atoms with Gasteiger partial charge in [0.1, 0.15) is 0 Å². The zero-order valence-corrected chi connectivity index (χ0v) is 13.1. The highest BCUT2D eigenvalue weighted by Crippen LogP contribution is 2.40. The van der Waals surface area contributed by atoms with E-state index in [2.05, 4.69) is 45.2 Å². The minimum atomic E-state index is 0.514. The summed E-state index contributed by atoms with van der Waals surface area (Å²) >= 11 is 5.46. The van der Waals surface area contributed by atoms with Crippen molar-refractivity contribution < 1.29 is 0 Å². The van der Waals surface area contributed by atoms with Gasteiger partial charge in [0.25, 0.3) is 0 Å². The molecule has 0 spiro atoms. The average molecular weight is 317 g/mol. The van der Waals surface area contributed by atoms with Gasteiger partial charge in [-0.15, -0.1) is 11.3 Å². The highest BCUT2D eigenvalue weighted by atomic mass is 79.9. The van der Waals surface area contributed by atoms with Crippen LogP contribution in [0.4, 0.5) is 0 Å². The minimum Gasteiger partial charge on any atom is -0.300 e. The van der Waals surface area contributed by atoms with Crippen LogP contribution in [0.1, 0.15) is 36.4 Å². The van der Waals surface area contributed by atoms with Crippen molar-refractivity contribution >= 4 is 27.3 Å². The Hall–Kier alpha value is 0.0700. The molecule has 0 aromatic carbocycles. The van der Waals surface area contributed by atoms with Gasteiger partial charge in [0.2, 0.25) is 0 Å². The van der Waals surface area contributed by atoms with E-state index >= 15 is 0 Å². The molecule has 4 heteroatoms. The molecule has 1 heterocycles. The van der Waals surface area contributed by atoms with Crippen molar-refractivity contribution in [3.05, 3.63) is 16.1 Å². The molecule has 96 valence electrons. The number of hydrogen-bond donors (Lipinski definition) is 0. The molecular formula is C13H21BrN2S. The normalized spacial score (nSPS) is 19.1. The Morgan fingerprint density at radius 2 is 2.18 bits per heavy atom. The number of alkyl halides is 1. The fourth-order valence-electron chi connectivity index (χ4n) is 2.84. The average Bonchev–Trinajstić information content (AvgIpc) is 2.89. The highest BCUT2D eigenvalue weighted by Gasteiger charge is 2.33. The van der Waals surface area contributed by atoms with Crippen LogP contribution in [0, 0.1) is 12.3 Å². The number of aryl methyl sites for hydroxylation is 1. The van der Waals surface area contributed by atoms with Gasteiger partial charge in [0.15, 0.2) is 0 Å². The van der Waals surface area contributed by atoms with Gasteiger partial charge >= 0.3 is 0 Å². The molecule has 1 aliphatic rings. The van der Waals surface area contributed by atoms with E-state index in [1.165, 1.54) is 42.9 Å². The van der Waals surface area contributed by atoms with Crippen LogP contribution < -0.4 is 0 Å². The predicted octanol–water partition coefficient (Wildman–Crippen LogP) is 3.84. The number of hydrogen-bond acceptors (Lipinski definition) is 3. The first kappa shape index (κ1) is 13.5. The smallest absolute Gasteiger partial charge is 0.0897 e. The third-order valence-corrected chi connectivity index (χ3v) is 5.66. The second kappa shape index (κ2) is 5.81. The molecule has 1 aliphatic carbocycles. The monoisotopic (exact) mass is 316 g/mol. The standard InChI is InChI=1S/C13H21BrN2S/c1-11-15-12(8-17-11)7-16(2)10-13(9-14)5-3-4-6-13/h8H,3-7,9-10H2,1-2H3. The molecule has 1 fully saturated rings. The maximum absolute atomic E-state index is 4.54. The minimum absolute atomic E-state index is 0.514. The van der Waals surface area contributed by atoms with Crippen molar-refractivity contribution in [1.29, 1.82) is 0 Å². The van der Waals surface area contributed by atoms with Crippen LogP contribution in [0.2, 0.25) is 0 Å². The summed E-state index contributed by atoms with van der Waals surface area (Å²) in [4.78, 5) is 6.97. The Labute approximate surface area is 117 Å². The Morgan fingerprint density at radius 3 is 2.71 bits per heavy atom. The highest BCUT2D eigenvalue weighted by molar-refractivity contribution is 9.09. The second-order valence-electron chi connectivity index (χ2n) is 5.37. The van der Waals surface area contributed by atoms with Crippen LogP contribution in [0.15, 0.2) is 5.38 Å². The molecule has 0 atom stereocenters. The largest absolute Gasteiger partial charge is 0.300 e. The van der Waals surface area contributed by atoms with Gasteiger partial charge in [0, 0.05) is 23.8 Å². The number of halogens is 1. The molecule has 1 aromatic rings. The van der Waals surface area contributed by atoms with Crippen molar-refractivity contribution in [2.24, 2.45) is 5.41 Å². The lowest BCUT2D eigenvalue weighted by Crippen LogP contribution is -2.34. The Balaban J connectivity index is 1.90. The van der Waals surface area contributed by atoms with E-state index < -0.39 is 0 Å². The molecule has 0 unspecified atom stereocenters. The molecule has 0 saturated heterocycles. The van der Waals surface area contributed by atoms with E-state index in [4.69, 9.17) is 0 Å². The van der Waals surface area contributed by atoms with E-state index in [9.17, 15) is 0 Å². The summed E-state index contributed by atoms with van der Waals surface area (Å²) in [5.41, 5.74) is 1.73. The van der Waals surface area contributed by atoms with E-state index in [1.807, 2.05) is 0 Å². The number of rotatable bonds is 5. The second-order valence-corrected chi connectivity index (χ2v) is 6.99. The molecule has 1 saturated carbocycles. The number of nitrogens with zero attached hydrogens (tertiary/aromatic N) is 2. The first-order valence-corrected chi connectivity index (χ1v) is 8.29. The summed E-state index contributed by atoms with van der Waals surface area (Å²) in [7, 11) is 2.22. The van der Waals surface area contributed by atoms with Crippen LogP contribution in [-0.2, 0) is 6.54 Å². The summed E-state index contributed by atoms with van der Waals surface area (Å²) in [5, 5.41) is 4.49. The summed E-state index contributed by atoms with van der Waals surface area (Å²) in [6.45, 7) is 4.25. The number of thiazole rings is 1. The molecule has 17 heavy (non-hydrogen) atoms. The van der Waals surface area contributed by atoms with Gasteiger partial charge in [-0.3, -0.25) is 4.90 Å². The van der Waals surface area contributed by atoms with Crippen molar-refractivity contribution in [1.82, 2.24) is 9.88 Å². The van der Waals surface area contributed by atoms with E-state index in [0.29, 0.717) is 5.41 Å². The lowest BCUT2D eigenvalue weighted by atomic mass is 9.88. The third-order valence-electron chi connectivity index (χ3n) is 3.65. The van der Waals surface area contributed by atoms with Crippen molar-refractivity contribution in [3.63, 3.8) is 0 Å². The zero-order chi connectivity index (χ0) is 12.3. The molecular weight excluding hydrogens is 296 g/mol. The summed E-state index contributed by atoms with van der Waals surface area (Å²) in [6.07, 6.45) is 5.54. The fourth-order valence-corrected chi connectivity index (χ4v) is 4.19. The summed E-state index contributed by atoms with van der Waals surface area (Å²) in [6, 6.07) is 0. The first-order chi connectivity index (χ1) is 8.13. The van der Waals surface area contributed by atoms with Gasteiger partial charge in [-0.1, -0.05) is 28.8 Å². The van der Waals surface area contributed by atoms with Crippen molar-refractivity contribution in [2.45, 2.75) is 39.2 Å². The Bertz CT molecular complexity index is 358. The van der Waals surface area contributed by atoms with E-state index in [-0.39, 0.29) is 0 Å². The van der Waals surface area contributed by atoms with Gasteiger partial charge < -0.3 is 0 Å². The first-order valence-electron chi connectivity index (χ1n) is 6.29. The van der Waals surface area contributed by atoms with Gasteiger partial charge in [-0.2, -0.15) is 0 Å². The Morgan fingerprint density at radius 1 is 1.47 bits per heavy atom. The number of aromatic nitrogens is 1. The summed E-state index contributed by atoms with van der Waals surface area (Å²) in [5.74, 6) is 0. The van der Waals surface area contributed by atoms with Crippen molar-refractivity contribution in [3.8, 4) is 0 Å². The predicted molar refractivity (Wildman–Crippen MR) is 77.9 cm³/mol. The van der Waals surface area contributed by atoms with Gasteiger partial charge in [0.05, 0.1) is 10.7 Å². The SMILES string of the molecule is Cc1nc(CN(C)CC2(CBr)CCCC2)cs1. The molecule has 0 radical (unpaired) electrons.